The van der Waals surface area contributed by atoms with Gasteiger partial charge in [0, 0.05) is 23.2 Å². The van der Waals surface area contributed by atoms with Gasteiger partial charge in [0.15, 0.2) is 6.10 Å². The topological polar surface area (TPSA) is 114 Å². The van der Waals surface area contributed by atoms with E-state index in [4.69, 9.17) is 4.74 Å². The van der Waals surface area contributed by atoms with E-state index in [0.29, 0.717) is 22.2 Å². The van der Waals surface area contributed by atoms with Gasteiger partial charge in [-0.1, -0.05) is 12.1 Å². The van der Waals surface area contributed by atoms with Crippen LogP contribution in [-0.2, 0) is 14.8 Å². The Morgan fingerprint density at radius 3 is 2.79 bits per heavy atom. The second kappa shape index (κ2) is 6.85. The van der Waals surface area contributed by atoms with Crippen LogP contribution in [-0.4, -0.2) is 31.3 Å². The van der Waals surface area contributed by atoms with Crippen LogP contribution >= 0.6 is 0 Å². The number of fused-ring (bicyclic) bond motifs is 2. The monoisotopic (exact) mass is 411 g/mol. The third-order valence-corrected chi connectivity index (χ3v) is 6.09. The van der Waals surface area contributed by atoms with Gasteiger partial charge >= 0.3 is 0 Å². The smallest absolute Gasteiger partial charge is 0.265 e. The average Bonchev–Trinajstić information content (AvgIpc) is 2.68. The molecule has 0 saturated heterocycles. The molecule has 148 valence electrons. The predicted octanol–water partition coefficient (Wildman–Crippen LogP) is 2.38. The molecule has 1 aromatic heterocycles. The first-order chi connectivity index (χ1) is 13.8. The van der Waals surface area contributed by atoms with Crippen molar-refractivity contribution in [1.29, 1.82) is 0 Å². The lowest BCUT2D eigenvalue weighted by atomic mass is 10.1. The Labute approximate surface area is 167 Å². The van der Waals surface area contributed by atoms with E-state index in [1.54, 1.807) is 44.3 Å². The molecule has 9 heteroatoms. The number of carbonyl (C=O) groups is 2. The van der Waals surface area contributed by atoms with E-state index >= 15 is 0 Å². The van der Waals surface area contributed by atoms with E-state index in [-0.39, 0.29) is 22.1 Å². The molecule has 2 aromatic carbocycles. The van der Waals surface area contributed by atoms with Crippen molar-refractivity contribution < 1.29 is 22.7 Å². The third kappa shape index (κ3) is 3.40. The van der Waals surface area contributed by atoms with Crippen molar-refractivity contribution in [1.82, 2.24) is 9.71 Å². The Hall–Kier alpha value is -3.46. The zero-order valence-corrected chi connectivity index (χ0v) is 16.4. The van der Waals surface area contributed by atoms with Gasteiger partial charge in [0.25, 0.3) is 21.8 Å². The van der Waals surface area contributed by atoms with Crippen molar-refractivity contribution in [2.75, 3.05) is 5.32 Å². The van der Waals surface area contributed by atoms with Gasteiger partial charge in [0.05, 0.1) is 16.1 Å². The number of anilines is 1. The van der Waals surface area contributed by atoms with Crippen molar-refractivity contribution in [3.8, 4) is 5.75 Å². The molecule has 8 nitrogen and oxygen atoms in total. The van der Waals surface area contributed by atoms with Crippen LogP contribution in [0.4, 0.5) is 5.69 Å². The molecule has 29 heavy (non-hydrogen) atoms. The van der Waals surface area contributed by atoms with Crippen LogP contribution in [0.15, 0.2) is 53.6 Å². The van der Waals surface area contributed by atoms with Gasteiger partial charge in [0.2, 0.25) is 0 Å². The fourth-order valence-electron chi connectivity index (χ4n) is 3.17. The lowest BCUT2D eigenvalue weighted by Gasteiger charge is -2.24. The summed E-state index contributed by atoms with van der Waals surface area (Å²) >= 11 is 0. The van der Waals surface area contributed by atoms with Crippen molar-refractivity contribution in [2.45, 2.75) is 24.8 Å². The summed E-state index contributed by atoms with van der Waals surface area (Å²) in [6.07, 6.45) is 0.843. The number of nitrogens with one attached hydrogen (secondary N) is 2. The first-order valence-corrected chi connectivity index (χ1v) is 10.3. The lowest BCUT2D eigenvalue weighted by Crippen LogP contribution is -2.35. The zero-order chi connectivity index (χ0) is 20.8. The molecule has 1 aliphatic rings. The summed E-state index contributed by atoms with van der Waals surface area (Å²) in [5, 5.41) is 3.21. The summed E-state index contributed by atoms with van der Waals surface area (Å²) in [6, 6.07) is 11.1. The Morgan fingerprint density at radius 1 is 1.21 bits per heavy atom. The molecule has 0 radical (unpaired) electrons. The highest BCUT2D eigenvalue weighted by atomic mass is 32.2. The summed E-state index contributed by atoms with van der Waals surface area (Å²) < 4.78 is 33.4. The summed E-state index contributed by atoms with van der Waals surface area (Å²) in [4.78, 5) is 28.5. The Morgan fingerprint density at radius 2 is 2.00 bits per heavy atom. The van der Waals surface area contributed by atoms with Crippen LogP contribution in [0.1, 0.15) is 22.8 Å². The number of pyridine rings is 1. The molecule has 2 heterocycles. The molecule has 0 spiro atoms. The van der Waals surface area contributed by atoms with Crippen molar-refractivity contribution in [2.24, 2.45) is 0 Å². The lowest BCUT2D eigenvalue weighted by molar-refractivity contribution is -0.122. The normalized spacial score (nSPS) is 15.9. The number of nitrogens with zero attached hydrogens (tertiary/aromatic N) is 1. The number of aromatic nitrogens is 1. The maximum atomic E-state index is 12.9. The summed E-state index contributed by atoms with van der Waals surface area (Å²) in [7, 11) is -4.18. The second-order valence-electron chi connectivity index (χ2n) is 6.67. The largest absolute Gasteiger partial charge is 0.479 e. The Kier molecular flexibility index (Phi) is 4.46. The minimum atomic E-state index is -4.18. The van der Waals surface area contributed by atoms with Crippen LogP contribution in [0.3, 0.4) is 0 Å². The molecule has 0 fully saturated rings. The summed E-state index contributed by atoms with van der Waals surface area (Å²) in [6.45, 7) is 3.13. The van der Waals surface area contributed by atoms with Crippen molar-refractivity contribution >= 4 is 38.4 Å². The maximum Gasteiger partial charge on any atom is 0.265 e. The molecule has 2 N–H and O–H groups in total. The molecule has 0 aliphatic carbocycles. The van der Waals surface area contributed by atoms with Gasteiger partial charge in [-0.25, -0.2) is 13.1 Å². The summed E-state index contributed by atoms with van der Waals surface area (Å²) in [5.74, 6) is -0.849. The molecule has 0 bridgehead atoms. The van der Waals surface area contributed by atoms with E-state index < -0.39 is 22.0 Å². The SMILES string of the molecule is Cc1cc2c(cc1S(=O)(=O)NC(=O)c1cccc3ncccc13)OC(C)C(=O)N2. The van der Waals surface area contributed by atoms with E-state index in [1.807, 2.05) is 0 Å². The highest BCUT2D eigenvalue weighted by Gasteiger charge is 2.28. The van der Waals surface area contributed by atoms with Gasteiger partial charge < -0.3 is 10.1 Å². The highest BCUT2D eigenvalue weighted by molar-refractivity contribution is 7.90. The number of aryl methyl sites for hydroxylation is 1. The van der Waals surface area contributed by atoms with Crippen LogP contribution in [0.2, 0.25) is 0 Å². The number of rotatable bonds is 3. The average molecular weight is 411 g/mol. The molecule has 0 saturated carbocycles. The summed E-state index contributed by atoms with van der Waals surface area (Å²) in [5.41, 5.74) is 1.53. The van der Waals surface area contributed by atoms with Crippen LogP contribution in [0.5, 0.6) is 5.75 Å². The van der Waals surface area contributed by atoms with E-state index in [2.05, 4.69) is 15.0 Å². The van der Waals surface area contributed by atoms with E-state index in [0.717, 1.165) is 0 Å². The second-order valence-corrected chi connectivity index (χ2v) is 8.32. The Balaban J connectivity index is 1.70. The molecule has 4 rings (SSSR count). The van der Waals surface area contributed by atoms with Crippen molar-refractivity contribution in [3.63, 3.8) is 0 Å². The Bertz CT molecular complexity index is 1270. The number of benzene rings is 2. The molecular formula is C20H17N3O5S. The van der Waals surface area contributed by atoms with Crippen LogP contribution in [0, 0.1) is 6.92 Å². The molecule has 3 aromatic rings. The number of hydrogen-bond donors (Lipinski definition) is 2. The predicted molar refractivity (Wildman–Crippen MR) is 106 cm³/mol. The minimum absolute atomic E-state index is 0.105. The van der Waals surface area contributed by atoms with Gasteiger partial charge in [-0.15, -0.1) is 0 Å². The molecular weight excluding hydrogens is 394 g/mol. The number of hydrogen-bond acceptors (Lipinski definition) is 6. The maximum absolute atomic E-state index is 12.9. The first-order valence-electron chi connectivity index (χ1n) is 8.79. The van der Waals surface area contributed by atoms with Gasteiger partial charge in [-0.2, -0.15) is 0 Å². The van der Waals surface area contributed by atoms with Crippen LogP contribution in [0.25, 0.3) is 10.9 Å². The quantitative estimate of drug-likeness (QED) is 0.684. The zero-order valence-electron chi connectivity index (χ0n) is 15.6. The molecule has 2 amide bonds. The fourth-order valence-corrected chi connectivity index (χ4v) is 4.37. The van der Waals surface area contributed by atoms with Gasteiger partial charge in [-0.05, 0) is 43.7 Å². The fraction of sp³-hybridized carbons (Fsp3) is 0.150. The molecule has 1 aliphatic heterocycles. The highest BCUT2D eigenvalue weighted by Crippen LogP contribution is 2.34. The third-order valence-electron chi connectivity index (χ3n) is 4.61. The van der Waals surface area contributed by atoms with E-state index in [1.165, 1.54) is 18.2 Å². The number of amides is 2. The molecule has 1 atom stereocenters. The van der Waals surface area contributed by atoms with Gasteiger partial charge in [0.1, 0.15) is 5.75 Å². The first kappa shape index (κ1) is 18.9. The number of sulfonamides is 1. The van der Waals surface area contributed by atoms with Crippen LogP contribution < -0.4 is 14.8 Å². The van der Waals surface area contributed by atoms with E-state index in [9.17, 15) is 18.0 Å². The van der Waals surface area contributed by atoms with Gasteiger partial charge in [-0.3, -0.25) is 14.6 Å². The molecule has 1 unspecified atom stereocenters. The standard InChI is InChI=1S/C20H17N3O5S/c1-11-9-16-17(28-12(2)19(24)22-16)10-18(11)29(26,27)23-20(25)14-5-3-7-15-13(14)6-4-8-21-15/h3-10,12H,1-2H3,(H,22,24)(H,23,25). The van der Waals surface area contributed by atoms with Crippen molar-refractivity contribution in [3.05, 3.63) is 59.8 Å². The number of ether oxygens (including phenoxy) is 1. The number of carbonyl (C=O) groups excluding carboxylic acids is 2. The minimum Gasteiger partial charge on any atom is -0.479 e.